The number of thioether (sulfide) groups is 1. The fourth-order valence-electron chi connectivity index (χ4n) is 2.40. The molecule has 1 aromatic rings. The smallest absolute Gasteiger partial charge is 0.320 e. The molecule has 0 aliphatic heterocycles. The van der Waals surface area contributed by atoms with E-state index < -0.39 is 0 Å². The van der Waals surface area contributed by atoms with Crippen LogP contribution in [0, 0.1) is 11.8 Å². The lowest BCUT2D eigenvalue weighted by Gasteiger charge is -2.27. The standard InChI is InChI=1S/C19H28O2S/c1-13(2)12-17(22-16-10-8-7-9-11-16)19(20)21-18(14(3)4)15(5)6/h7-11,14-15,17-18H,1,12H2,2-6H3/t17-/m0/s1. The molecule has 0 saturated carbocycles. The van der Waals surface area contributed by atoms with Gasteiger partial charge in [0.25, 0.3) is 0 Å². The molecule has 22 heavy (non-hydrogen) atoms. The van der Waals surface area contributed by atoms with Crippen molar-refractivity contribution in [2.75, 3.05) is 0 Å². The first kappa shape index (κ1) is 18.8. The average Bonchev–Trinajstić information content (AvgIpc) is 2.43. The Bertz CT molecular complexity index is 471. The first-order valence-electron chi connectivity index (χ1n) is 7.87. The monoisotopic (exact) mass is 320 g/mol. The fourth-order valence-corrected chi connectivity index (χ4v) is 3.57. The number of hydrogen-bond acceptors (Lipinski definition) is 3. The molecular weight excluding hydrogens is 292 g/mol. The summed E-state index contributed by atoms with van der Waals surface area (Å²) in [5.41, 5.74) is 0.996. The number of carbonyl (C=O) groups is 1. The number of esters is 1. The lowest BCUT2D eigenvalue weighted by atomic mass is 9.96. The summed E-state index contributed by atoms with van der Waals surface area (Å²) in [4.78, 5) is 13.7. The second kappa shape index (κ2) is 9.04. The van der Waals surface area contributed by atoms with Gasteiger partial charge in [0.1, 0.15) is 11.4 Å². The molecule has 0 radical (unpaired) electrons. The van der Waals surface area contributed by atoms with Gasteiger partial charge in [0.05, 0.1) is 0 Å². The number of ether oxygens (including phenoxy) is 1. The van der Waals surface area contributed by atoms with E-state index in [0.29, 0.717) is 18.3 Å². The van der Waals surface area contributed by atoms with Gasteiger partial charge in [-0.1, -0.05) is 51.5 Å². The third-order valence-corrected chi connectivity index (χ3v) is 4.57. The molecular formula is C19H28O2S. The Morgan fingerprint density at radius 1 is 1.14 bits per heavy atom. The SMILES string of the molecule is C=C(C)C[C@H](Sc1ccccc1)C(=O)OC(C(C)C)C(C)C. The first-order valence-corrected chi connectivity index (χ1v) is 8.75. The molecule has 0 unspecified atom stereocenters. The third kappa shape index (κ3) is 6.27. The maximum atomic E-state index is 12.6. The molecule has 0 N–H and O–H groups in total. The minimum atomic E-state index is -0.236. The van der Waals surface area contributed by atoms with Crippen molar-refractivity contribution in [1.82, 2.24) is 0 Å². The Labute approximate surface area is 139 Å². The molecule has 122 valence electrons. The summed E-state index contributed by atoms with van der Waals surface area (Å²) in [6, 6.07) is 9.98. The van der Waals surface area contributed by atoms with Crippen LogP contribution in [0.4, 0.5) is 0 Å². The van der Waals surface area contributed by atoms with Gasteiger partial charge in [-0.15, -0.1) is 18.3 Å². The molecule has 0 aliphatic carbocycles. The van der Waals surface area contributed by atoms with Gasteiger partial charge >= 0.3 is 5.97 Å². The van der Waals surface area contributed by atoms with E-state index in [4.69, 9.17) is 4.74 Å². The highest BCUT2D eigenvalue weighted by Gasteiger charge is 2.27. The van der Waals surface area contributed by atoms with Crippen molar-refractivity contribution in [3.05, 3.63) is 42.5 Å². The van der Waals surface area contributed by atoms with E-state index in [-0.39, 0.29) is 17.3 Å². The number of rotatable bonds is 8. The molecule has 0 spiro atoms. The van der Waals surface area contributed by atoms with Crippen LogP contribution in [0.1, 0.15) is 41.0 Å². The number of benzene rings is 1. The van der Waals surface area contributed by atoms with Crippen LogP contribution in [0.25, 0.3) is 0 Å². The fraction of sp³-hybridized carbons (Fsp3) is 0.526. The summed E-state index contributed by atoms with van der Waals surface area (Å²) in [6.07, 6.45) is 0.595. The van der Waals surface area contributed by atoms with Crippen LogP contribution < -0.4 is 0 Å². The minimum Gasteiger partial charge on any atom is -0.461 e. The molecule has 0 amide bonds. The van der Waals surface area contributed by atoms with Gasteiger partial charge in [-0.3, -0.25) is 4.79 Å². The second-order valence-electron chi connectivity index (χ2n) is 6.47. The molecule has 1 rings (SSSR count). The van der Waals surface area contributed by atoms with Crippen LogP contribution in [-0.4, -0.2) is 17.3 Å². The Hall–Kier alpha value is -1.22. The Balaban J connectivity index is 2.82. The van der Waals surface area contributed by atoms with Crippen molar-refractivity contribution in [3.8, 4) is 0 Å². The molecule has 2 nitrogen and oxygen atoms in total. The van der Waals surface area contributed by atoms with E-state index in [1.807, 2.05) is 37.3 Å². The van der Waals surface area contributed by atoms with Crippen molar-refractivity contribution in [2.24, 2.45) is 11.8 Å². The highest BCUT2D eigenvalue weighted by Crippen LogP contribution is 2.29. The lowest BCUT2D eigenvalue weighted by Crippen LogP contribution is -2.33. The Morgan fingerprint density at radius 2 is 1.68 bits per heavy atom. The van der Waals surface area contributed by atoms with Crippen LogP contribution in [0.5, 0.6) is 0 Å². The molecule has 0 aromatic heterocycles. The van der Waals surface area contributed by atoms with E-state index in [1.54, 1.807) is 11.8 Å². The molecule has 0 aliphatic rings. The van der Waals surface area contributed by atoms with Crippen LogP contribution in [0.15, 0.2) is 47.4 Å². The maximum absolute atomic E-state index is 12.6. The Morgan fingerprint density at radius 3 is 2.14 bits per heavy atom. The van der Waals surface area contributed by atoms with E-state index in [0.717, 1.165) is 10.5 Å². The van der Waals surface area contributed by atoms with Crippen LogP contribution in [-0.2, 0) is 9.53 Å². The van der Waals surface area contributed by atoms with Crippen molar-refractivity contribution >= 4 is 17.7 Å². The van der Waals surface area contributed by atoms with Gasteiger partial charge < -0.3 is 4.74 Å². The number of allylic oxidation sites excluding steroid dienone is 1. The molecule has 0 bridgehead atoms. The Kier molecular flexibility index (Phi) is 7.74. The van der Waals surface area contributed by atoms with Gasteiger partial charge in [-0.25, -0.2) is 0 Å². The van der Waals surface area contributed by atoms with E-state index in [9.17, 15) is 4.79 Å². The van der Waals surface area contributed by atoms with E-state index in [1.165, 1.54) is 0 Å². The van der Waals surface area contributed by atoms with Gasteiger partial charge in [0.2, 0.25) is 0 Å². The minimum absolute atomic E-state index is 0.0449. The average molecular weight is 320 g/mol. The summed E-state index contributed by atoms with van der Waals surface area (Å²) in [5.74, 6) is 0.497. The zero-order valence-electron chi connectivity index (χ0n) is 14.3. The van der Waals surface area contributed by atoms with Gasteiger partial charge in [0, 0.05) is 4.90 Å². The second-order valence-corrected chi connectivity index (χ2v) is 7.75. The summed E-state index contributed by atoms with van der Waals surface area (Å²) < 4.78 is 5.81. The molecule has 0 saturated heterocycles. The van der Waals surface area contributed by atoms with Crippen LogP contribution in [0.2, 0.25) is 0 Å². The summed E-state index contributed by atoms with van der Waals surface area (Å²) >= 11 is 1.56. The summed E-state index contributed by atoms with van der Waals surface area (Å²) in [5, 5.41) is -0.236. The molecule has 3 heteroatoms. The van der Waals surface area contributed by atoms with Crippen molar-refractivity contribution in [2.45, 2.75) is 57.3 Å². The predicted molar refractivity (Wildman–Crippen MR) is 95.1 cm³/mol. The van der Waals surface area contributed by atoms with Crippen LogP contribution in [0.3, 0.4) is 0 Å². The van der Waals surface area contributed by atoms with Gasteiger partial charge in [0.15, 0.2) is 0 Å². The zero-order chi connectivity index (χ0) is 16.7. The first-order chi connectivity index (χ1) is 10.3. The summed E-state index contributed by atoms with van der Waals surface area (Å²) in [7, 11) is 0. The largest absolute Gasteiger partial charge is 0.461 e. The molecule has 1 atom stereocenters. The summed E-state index contributed by atoms with van der Waals surface area (Å²) in [6.45, 7) is 14.3. The van der Waals surface area contributed by atoms with E-state index in [2.05, 4.69) is 34.3 Å². The highest BCUT2D eigenvalue weighted by atomic mass is 32.2. The molecule has 0 fully saturated rings. The lowest BCUT2D eigenvalue weighted by molar-refractivity contribution is -0.153. The quantitative estimate of drug-likeness (QED) is 0.367. The predicted octanol–water partition coefficient (Wildman–Crippen LogP) is 5.34. The molecule has 0 heterocycles. The van der Waals surface area contributed by atoms with Crippen molar-refractivity contribution in [3.63, 3.8) is 0 Å². The van der Waals surface area contributed by atoms with E-state index >= 15 is 0 Å². The van der Waals surface area contributed by atoms with Gasteiger partial charge in [-0.05, 0) is 37.3 Å². The number of hydrogen-bond donors (Lipinski definition) is 0. The van der Waals surface area contributed by atoms with Gasteiger partial charge in [-0.2, -0.15) is 0 Å². The third-order valence-electron chi connectivity index (χ3n) is 3.38. The van der Waals surface area contributed by atoms with Crippen molar-refractivity contribution in [1.29, 1.82) is 0 Å². The highest BCUT2D eigenvalue weighted by molar-refractivity contribution is 8.00. The normalized spacial score (nSPS) is 12.7. The maximum Gasteiger partial charge on any atom is 0.320 e. The molecule has 1 aromatic carbocycles. The topological polar surface area (TPSA) is 26.3 Å². The number of carbonyl (C=O) groups excluding carboxylic acids is 1. The van der Waals surface area contributed by atoms with Crippen molar-refractivity contribution < 1.29 is 9.53 Å². The zero-order valence-corrected chi connectivity index (χ0v) is 15.2. The van der Waals surface area contributed by atoms with Crippen LogP contribution >= 0.6 is 11.8 Å².